The van der Waals surface area contributed by atoms with E-state index in [0.29, 0.717) is 11.2 Å². The average molecular weight is 254 g/mol. The van der Waals surface area contributed by atoms with Crippen LogP contribution in [0.4, 0.5) is 5.82 Å². The third-order valence-electron chi connectivity index (χ3n) is 3.17. The maximum atomic E-state index is 5.96. The Hall–Kier alpha value is -0.830. The van der Waals surface area contributed by atoms with Gasteiger partial charge in [0.25, 0.3) is 0 Å². The lowest BCUT2D eigenvalue weighted by Crippen LogP contribution is -2.14. The molecule has 1 aliphatic carbocycles. The van der Waals surface area contributed by atoms with Crippen molar-refractivity contribution in [1.29, 1.82) is 0 Å². The smallest absolute Gasteiger partial charge is 0.224 e. The number of aryl methyl sites for hydroxylation is 1. The highest BCUT2D eigenvalue weighted by Crippen LogP contribution is 2.26. The molecule has 0 aliphatic heterocycles. The van der Waals surface area contributed by atoms with Crippen LogP contribution < -0.4 is 5.32 Å². The molecule has 0 fully saturated rings. The van der Waals surface area contributed by atoms with Gasteiger partial charge in [-0.3, -0.25) is 0 Å². The Kier molecular flexibility index (Phi) is 4.21. The van der Waals surface area contributed by atoms with Crippen molar-refractivity contribution in [2.24, 2.45) is 5.92 Å². The van der Waals surface area contributed by atoms with Crippen LogP contribution in [0.2, 0.25) is 5.28 Å². The molecule has 0 saturated carbocycles. The first-order chi connectivity index (χ1) is 8.16. The molecule has 3 nitrogen and oxygen atoms in total. The number of nitrogens with one attached hydrogen (secondary N) is 1. The van der Waals surface area contributed by atoms with Crippen molar-refractivity contribution in [3.8, 4) is 0 Å². The number of rotatable bonds is 4. The zero-order valence-electron chi connectivity index (χ0n) is 10.6. The van der Waals surface area contributed by atoms with Crippen LogP contribution in [0.1, 0.15) is 44.4 Å². The lowest BCUT2D eigenvalue weighted by molar-refractivity contribution is 0.604. The number of nitrogens with zero attached hydrogens (tertiary/aromatic N) is 2. The first-order valence-electron chi connectivity index (χ1n) is 6.46. The van der Waals surface area contributed by atoms with Gasteiger partial charge in [-0.05, 0) is 49.6 Å². The molecule has 0 radical (unpaired) electrons. The molecule has 0 amide bonds. The number of anilines is 1. The number of fused-ring (bicyclic) bond motifs is 1. The van der Waals surface area contributed by atoms with Crippen molar-refractivity contribution in [1.82, 2.24) is 9.97 Å². The minimum absolute atomic E-state index is 0.373. The van der Waals surface area contributed by atoms with E-state index in [2.05, 4.69) is 29.1 Å². The Morgan fingerprint density at radius 3 is 2.76 bits per heavy atom. The summed E-state index contributed by atoms with van der Waals surface area (Å²) in [4.78, 5) is 8.66. The number of aromatic nitrogens is 2. The monoisotopic (exact) mass is 253 g/mol. The van der Waals surface area contributed by atoms with E-state index in [0.717, 1.165) is 37.3 Å². The fourth-order valence-corrected chi connectivity index (χ4v) is 2.38. The summed E-state index contributed by atoms with van der Waals surface area (Å²) in [6.45, 7) is 5.41. The van der Waals surface area contributed by atoms with Crippen LogP contribution in [-0.4, -0.2) is 16.5 Å². The number of hydrogen-bond donors (Lipinski definition) is 1. The predicted molar refractivity (Wildman–Crippen MR) is 71.6 cm³/mol. The second-order valence-electron chi connectivity index (χ2n) is 5.08. The van der Waals surface area contributed by atoms with E-state index in [-0.39, 0.29) is 0 Å². The predicted octanol–water partition coefficient (Wildman–Crippen LogP) is 3.47. The topological polar surface area (TPSA) is 37.8 Å². The maximum absolute atomic E-state index is 5.96. The van der Waals surface area contributed by atoms with Gasteiger partial charge >= 0.3 is 0 Å². The maximum Gasteiger partial charge on any atom is 0.224 e. The average Bonchev–Trinajstić information content (AvgIpc) is 2.28. The molecule has 0 saturated heterocycles. The highest BCUT2D eigenvalue weighted by Gasteiger charge is 2.16. The van der Waals surface area contributed by atoms with Gasteiger partial charge in [0.1, 0.15) is 5.82 Å². The van der Waals surface area contributed by atoms with Crippen molar-refractivity contribution in [2.45, 2.75) is 46.0 Å². The lowest BCUT2D eigenvalue weighted by Gasteiger charge is -2.19. The first kappa shape index (κ1) is 12.6. The molecule has 1 aromatic rings. The van der Waals surface area contributed by atoms with Crippen LogP contribution in [-0.2, 0) is 12.8 Å². The third kappa shape index (κ3) is 3.32. The number of hydrogen-bond acceptors (Lipinski definition) is 3. The Morgan fingerprint density at radius 1 is 1.24 bits per heavy atom. The molecule has 1 N–H and O–H groups in total. The Bertz CT molecular complexity index is 390. The van der Waals surface area contributed by atoms with Gasteiger partial charge in [-0.25, -0.2) is 9.97 Å². The molecule has 94 valence electrons. The van der Waals surface area contributed by atoms with Crippen LogP contribution in [0.15, 0.2) is 0 Å². The largest absolute Gasteiger partial charge is 0.370 e. The van der Waals surface area contributed by atoms with Crippen LogP contribution >= 0.6 is 11.6 Å². The lowest BCUT2D eigenvalue weighted by atomic mass is 9.96. The second kappa shape index (κ2) is 5.67. The number of halogens is 1. The summed E-state index contributed by atoms with van der Waals surface area (Å²) in [7, 11) is 0. The summed E-state index contributed by atoms with van der Waals surface area (Å²) in [6.07, 6.45) is 5.71. The summed E-state index contributed by atoms with van der Waals surface area (Å²) in [5, 5.41) is 3.78. The summed E-state index contributed by atoms with van der Waals surface area (Å²) in [5.41, 5.74) is 2.42. The molecular weight excluding hydrogens is 234 g/mol. The summed E-state index contributed by atoms with van der Waals surface area (Å²) in [5.74, 6) is 1.66. The molecule has 2 rings (SSSR count). The van der Waals surface area contributed by atoms with Crippen molar-refractivity contribution in [2.75, 3.05) is 11.9 Å². The van der Waals surface area contributed by atoms with Crippen molar-refractivity contribution < 1.29 is 0 Å². The zero-order chi connectivity index (χ0) is 12.3. The minimum atomic E-state index is 0.373. The van der Waals surface area contributed by atoms with E-state index in [9.17, 15) is 0 Å². The van der Waals surface area contributed by atoms with Gasteiger partial charge in [0.2, 0.25) is 5.28 Å². The van der Waals surface area contributed by atoms with Gasteiger partial charge in [0, 0.05) is 12.1 Å². The molecule has 1 heterocycles. The first-order valence-corrected chi connectivity index (χ1v) is 6.83. The summed E-state index contributed by atoms with van der Waals surface area (Å²) < 4.78 is 0. The van der Waals surface area contributed by atoms with Gasteiger partial charge in [-0.15, -0.1) is 0 Å². The van der Waals surface area contributed by atoms with E-state index < -0.39 is 0 Å². The van der Waals surface area contributed by atoms with Gasteiger partial charge in [0.15, 0.2) is 0 Å². The van der Waals surface area contributed by atoms with Crippen molar-refractivity contribution in [3.63, 3.8) is 0 Å². The van der Waals surface area contributed by atoms with E-state index in [1.54, 1.807) is 0 Å². The molecule has 4 heteroatoms. The normalized spacial score (nSPS) is 14.8. The summed E-state index contributed by atoms with van der Waals surface area (Å²) in [6, 6.07) is 0. The van der Waals surface area contributed by atoms with Gasteiger partial charge in [-0.1, -0.05) is 13.8 Å². The van der Waals surface area contributed by atoms with Crippen LogP contribution in [0.5, 0.6) is 0 Å². The third-order valence-corrected chi connectivity index (χ3v) is 3.34. The fraction of sp³-hybridized carbons (Fsp3) is 0.692. The second-order valence-corrected chi connectivity index (χ2v) is 5.42. The highest BCUT2D eigenvalue weighted by atomic mass is 35.5. The Labute approximate surface area is 108 Å². The van der Waals surface area contributed by atoms with E-state index in [1.165, 1.54) is 18.4 Å². The van der Waals surface area contributed by atoms with E-state index in [4.69, 9.17) is 11.6 Å². The van der Waals surface area contributed by atoms with Gasteiger partial charge < -0.3 is 5.32 Å². The molecule has 0 bridgehead atoms. The molecule has 0 atom stereocenters. The van der Waals surface area contributed by atoms with E-state index in [1.807, 2.05) is 0 Å². The molecule has 0 spiro atoms. The molecule has 0 aromatic carbocycles. The van der Waals surface area contributed by atoms with Crippen molar-refractivity contribution >= 4 is 17.4 Å². The molecule has 17 heavy (non-hydrogen) atoms. The van der Waals surface area contributed by atoms with Crippen LogP contribution in [0.3, 0.4) is 0 Å². The van der Waals surface area contributed by atoms with Crippen molar-refractivity contribution in [3.05, 3.63) is 16.5 Å². The quantitative estimate of drug-likeness (QED) is 0.835. The molecular formula is C13H20ClN3. The van der Waals surface area contributed by atoms with Gasteiger partial charge in [0.05, 0.1) is 5.69 Å². The zero-order valence-corrected chi connectivity index (χ0v) is 11.3. The Balaban J connectivity index is 2.12. The van der Waals surface area contributed by atoms with Crippen LogP contribution in [0, 0.1) is 5.92 Å². The summed E-state index contributed by atoms with van der Waals surface area (Å²) >= 11 is 5.96. The van der Waals surface area contributed by atoms with Gasteiger partial charge in [-0.2, -0.15) is 0 Å². The highest BCUT2D eigenvalue weighted by molar-refractivity contribution is 6.28. The molecule has 1 aliphatic rings. The molecule has 0 unspecified atom stereocenters. The minimum Gasteiger partial charge on any atom is -0.370 e. The molecule has 1 aromatic heterocycles. The standard InChI is InChI=1S/C13H20ClN3/c1-9(2)7-8-15-12-10-5-3-4-6-11(10)16-13(14)17-12/h9H,3-8H2,1-2H3,(H,15,16,17). The fourth-order valence-electron chi connectivity index (χ4n) is 2.19. The Morgan fingerprint density at radius 2 is 2.00 bits per heavy atom. The van der Waals surface area contributed by atoms with Crippen LogP contribution in [0.25, 0.3) is 0 Å². The SMILES string of the molecule is CC(C)CCNc1nc(Cl)nc2c1CCCC2. The van der Waals surface area contributed by atoms with E-state index >= 15 is 0 Å².